The van der Waals surface area contributed by atoms with Crippen LogP contribution in [0.3, 0.4) is 0 Å². The van der Waals surface area contributed by atoms with Gasteiger partial charge in [0.05, 0.1) is 13.2 Å². The molecule has 6 heteroatoms. The van der Waals surface area contributed by atoms with Crippen LogP contribution in [0.15, 0.2) is 29.3 Å². The molecule has 1 fully saturated rings. The smallest absolute Gasteiger partial charge is 0.193 e. The number of nitrogens with zero attached hydrogens (tertiary/aromatic N) is 2. The highest BCUT2D eigenvalue weighted by Crippen LogP contribution is 2.13. The van der Waals surface area contributed by atoms with E-state index in [4.69, 9.17) is 9.47 Å². The minimum absolute atomic E-state index is 0. The summed E-state index contributed by atoms with van der Waals surface area (Å²) >= 11 is 0. The Morgan fingerprint density at radius 1 is 1.32 bits per heavy atom. The molecule has 0 radical (unpaired) electrons. The zero-order valence-corrected chi connectivity index (χ0v) is 18.0. The van der Waals surface area contributed by atoms with E-state index in [9.17, 15) is 0 Å². The maximum atomic E-state index is 5.75. The van der Waals surface area contributed by atoms with Crippen molar-refractivity contribution in [3.8, 4) is 5.75 Å². The van der Waals surface area contributed by atoms with Crippen molar-refractivity contribution in [1.29, 1.82) is 0 Å². The maximum absolute atomic E-state index is 5.75. The van der Waals surface area contributed by atoms with E-state index < -0.39 is 0 Å². The third-order valence-electron chi connectivity index (χ3n) is 4.27. The molecule has 1 atom stereocenters. The van der Waals surface area contributed by atoms with Crippen LogP contribution in [-0.2, 0) is 4.74 Å². The quantitative estimate of drug-likeness (QED) is 0.279. The van der Waals surface area contributed by atoms with Crippen LogP contribution in [0.2, 0.25) is 0 Å². The van der Waals surface area contributed by atoms with E-state index in [0.29, 0.717) is 5.92 Å². The Hall–Kier alpha value is -1.02. The second kappa shape index (κ2) is 12.4. The molecule has 1 saturated heterocycles. The second-order valence-electron chi connectivity index (χ2n) is 6.45. The van der Waals surface area contributed by atoms with E-state index in [1.54, 1.807) is 0 Å². The van der Waals surface area contributed by atoms with E-state index in [0.717, 1.165) is 63.9 Å². The molecular weight excluding hydrogens is 429 g/mol. The summed E-state index contributed by atoms with van der Waals surface area (Å²) in [6.07, 6.45) is 3.24. The number of benzene rings is 1. The highest BCUT2D eigenvalue weighted by molar-refractivity contribution is 14.0. The Morgan fingerprint density at radius 2 is 2.08 bits per heavy atom. The SMILES string of the molecule is CN=C(NCCCCOc1ccc(C)cc1)N(C)CC1CCOC1.I. The van der Waals surface area contributed by atoms with Gasteiger partial charge in [-0.25, -0.2) is 0 Å². The van der Waals surface area contributed by atoms with Crippen molar-refractivity contribution in [2.24, 2.45) is 10.9 Å². The summed E-state index contributed by atoms with van der Waals surface area (Å²) in [5.74, 6) is 2.53. The van der Waals surface area contributed by atoms with Gasteiger partial charge < -0.3 is 19.7 Å². The first kappa shape index (κ1) is 22.0. The van der Waals surface area contributed by atoms with Gasteiger partial charge >= 0.3 is 0 Å². The van der Waals surface area contributed by atoms with Crippen LogP contribution in [0.4, 0.5) is 0 Å². The fourth-order valence-electron chi connectivity index (χ4n) is 2.84. The number of aryl methyl sites for hydroxylation is 1. The summed E-state index contributed by atoms with van der Waals surface area (Å²) in [5.41, 5.74) is 1.26. The third-order valence-corrected chi connectivity index (χ3v) is 4.27. The van der Waals surface area contributed by atoms with E-state index in [1.807, 2.05) is 19.2 Å². The number of hydrogen-bond donors (Lipinski definition) is 1. The van der Waals surface area contributed by atoms with Gasteiger partial charge in [-0.2, -0.15) is 0 Å². The van der Waals surface area contributed by atoms with Crippen molar-refractivity contribution in [1.82, 2.24) is 10.2 Å². The Labute approximate surface area is 169 Å². The van der Waals surface area contributed by atoms with Gasteiger partial charge in [0.25, 0.3) is 0 Å². The number of rotatable bonds is 8. The fourth-order valence-corrected chi connectivity index (χ4v) is 2.84. The van der Waals surface area contributed by atoms with E-state index in [1.165, 1.54) is 5.56 Å². The number of halogens is 1. The molecule has 1 heterocycles. The molecule has 142 valence electrons. The monoisotopic (exact) mass is 461 g/mol. The van der Waals surface area contributed by atoms with Crippen LogP contribution >= 0.6 is 24.0 Å². The van der Waals surface area contributed by atoms with Gasteiger partial charge in [-0.3, -0.25) is 4.99 Å². The molecule has 0 bridgehead atoms. The molecule has 1 aliphatic rings. The first-order valence-corrected chi connectivity index (χ1v) is 8.88. The molecule has 1 N–H and O–H groups in total. The molecule has 2 rings (SSSR count). The van der Waals surface area contributed by atoms with Crippen LogP contribution in [0, 0.1) is 12.8 Å². The molecule has 5 nitrogen and oxygen atoms in total. The molecule has 0 aromatic heterocycles. The van der Waals surface area contributed by atoms with Gasteiger partial charge in [-0.05, 0) is 38.3 Å². The van der Waals surface area contributed by atoms with Gasteiger partial charge in [-0.15, -0.1) is 24.0 Å². The van der Waals surface area contributed by atoms with Gasteiger partial charge in [-0.1, -0.05) is 17.7 Å². The molecule has 0 saturated carbocycles. The van der Waals surface area contributed by atoms with Crippen LogP contribution in [0.25, 0.3) is 0 Å². The first-order chi connectivity index (χ1) is 11.7. The Balaban J connectivity index is 0.00000312. The maximum Gasteiger partial charge on any atom is 0.193 e. The lowest BCUT2D eigenvalue weighted by Gasteiger charge is -2.24. The summed E-state index contributed by atoms with van der Waals surface area (Å²) in [4.78, 5) is 6.56. The molecule has 0 spiro atoms. The van der Waals surface area contributed by atoms with Crippen molar-refractivity contribution in [3.05, 3.63) is 29.8 Å². The van der Waals surface area contributed by atoms with Gasteiger partial charge in [0, 0.05) is 39.7 Å². The standard InChI is InChI=1S/C19H31N3O2.HI/c1-16-6-8-18(9-7-16)24-12-5-4-11-21-19(20-2)22(3)14-17-10-13-23-15-17;/h6-9,17H,4-5,10-15H2,1-3H3,(H,20,21);1H. The lowest BCUT2D eigenvalue weighted by Crippen LogP contribution is -2.41. The highest BCUT2D eigenvalue weighted by Gasteiger charge is 2.18. The third kappa shape index (κ3) is 8.27. The topological polar surface area (TPSA) is 46.1 Å². The van der Waals surface area contributed by atoms with E-state index >= 15 is 0 Å². The number of aliphatic imine (C=N–C) groups is 1. The van der Waals surface area contributed by atoms with Crippen LogP contribution in [0.1, 0.15) is 24.8 Å². The Kier molecular flexibility index (Phi) is 10.9. The molecule has 0 amide bonds. The molecule has 0 aliphatic carbocycles. The summed E-state index contributed by atoms with van der Waals surface area (Å²) in [7, 11) is 3.93. The van der Waals surface area contributed by atoms with Gasteiger partial charge in [0.1, 0.15) is 5.75 Å². The fraction of sp³-hybridized carbons (Fsp3) is 0.632. The summed E-state index contributed by atoms with van der Waals surface area (Å²) in [6.45, 7) is 6.51. The summed E-state index contributed by atoms with van der Waals surface area (Å²) < 4.78 is 11.2. The molecule has 1 aromatic carbocycles. The van der Waals surface area contributed by atoms with E-state index in [2.05, 4.69) is 41.3 Å². The van der Waals surface area contributed by atoms with Crippen molar-refractivity contribution < 1.29 is 9.47 Å². The Morgan fingerprint density at radius 3 is 2.72 bits per heavy atom. The van der Waals surface area contributed by atoms with Crippen LogP contribution in [0.5, 0.6) is 5.75 Å². The lowest BCUT2D eigenvalue weighted by atomic mass is 10.1. The Bertz CT molecular complexity index is 502. The second-order valence-corrected chi connectivity index (χ2v) is 6.45. The van der Waals surface area contributed by atoms with Crippen molar-refractivity contribution in [2.45, 2.75) is 26.2 Å². The number of hydrogen-bond acceptors (Lipinski definition) is 3. The van der Waals surface area contributed by atoms with Crippen molar-refractivity contribution >= 4 is 29.9 Å². The summed E-state index contributed by atoms with van der Waals surface area (Å²) in [5, 5.41) is 3.43. The number of guanidine groups is 1. The predicted octanol–water partition coefficient (Wildman–Crippen LogP) is 3.32. The lowest BCUT2D eigenvalue weighted by molar-refractivity contribution is 0.181. The van der Waals surface area contributed by atoms with Crippen molar-refractivity contribution in [2.75, 3.05) is 47.0 Å². The van der Waals surface area contributed by atoms with Gasteiger partial charge in [0.2, 0.25) is 0 Å². The zero-order chi connectivity index (χ0) is 17.2. The zero-order valence-electron chi connectivity index (χ0n) is 15.7. The molecule has 1 aliphatic heterocycles. The van der Waals surface area contributed by atoms with E-state index in [-0.39, 0.29) is 24.0 Å². The number of ether oxygens (including phenoxy) is 2. The normalized spacial score (nSPS) is 17.1. The highest BCUT2D eigenvalue weighted by atomic mass is 127. The first-order valence-electron chi connectivity index (χ1n) is 8.88. The minimum atomic E-state index is 0. The molecule has 25 heavy (non-hydrogen) atoms. The molecular formula is C19H32IN3O2. The largest absolute Gasteiger partial charge is 0.494 e. The van der Waals surface area contributed by atoms with Crippen LogP contribution < -0.4 is 10.1 Å². The van der Waals surface area contributed by atoms with Gasteiger partial charge in [0.15, 0.2) is 5.96 Å². The minimum Gasteiger partial charge on any atom is -0.494 e. The molecule has 1 aromatic rings. The van der Waals surface area contributed by atoms with Crippen LogP contribution in [-0.4, -0.2) is 57.9 Å². The number of unbranched alkanes of at least 4 members (excludes halogenated alkanes) is 1. The average molecular weight is 461 g/mol. The summed E-state index contributed by atoms with van der Waals surface area (Å²) in [6, 6.07) is 8.20. The number of nitrogens with one attached hydrogen (secondary N) is 1. The predicted molar refractivity (Wildman–Crippen MR) is 114 cm³/mol. The average Bonchev–Trinajstić information content (AvgIpc) is 3.08. The molecule has 1 unspecified atom stereocenters. The van der Waals surface area contributed by atoms with Crippen molar-refractivity contribution in [3.63, 3.8) is 0 Å².